The fourth-order valence-corrected chi connectivity index (χ4v) is 3.64. The van der Waals surface area contributed by atoms with Crippen LogP contribution in [0.5, 0.6) is 0 Å². The first-order valence-corrected chi connectivity index (χ1v) is 11.7. The summed E-state index contributed by atoms with van der Waals surface area (Å²) >= 11 is 0. The van der Waals surface area contributed by atoms with Crippen LogP contribution in [-0.2, 0) is 16.1 Å². The van der Waals surface area contributed by atoms with E-state index >= 15 is 0 Å². The maximum Gasteiger partial charge on any atom is 0.303 e. The molecule has 1 aromatic rings. The summed E-state index contributed by atoms with van der Waals surface area (Å²) in [5, 5.41) is 19.4. The van der Waals surface area contributed by atoms with Crippen LogP contribution in [0.1, 0.15) is 102 Å². The van der Waals surface area contributed by atoms with Crippen molar-refractivity contribution < 1.29 is 19.7 Å². The minimum absolute atomic E-state index is 0.120. The molecule has 2 unspecified atom stereocenters. The van der Waals surface area contributed by atoms with Crippen molar-refractivity contribution in [2.24, 2.45) is 0 Å². The van der Waals surface area contributed by atoms with Gasteiger partial charge in [-0.1, -0.05) is 101 Å². The lowest BCUT2D eigenvalue weighted by molar-refractivity contribution is -0.137. The largest absolute Gasteiger partial charge is 0.481 e. The first-order valence-electron chi connectivity index (χ1n) is 11.7. The number of carboxylic acids is 1. The number of hydrogen-bond acceptors (Lipinski definition) is 3. The lowest BCUT2D eigenvalue weighted by atomic mass is 9.99. The van der Waals surface area contributed by atoms with Gasteiger partial charge in [0, 0.05) is 6.42 Å². The van der Waals surface area contributed by atoms with Gasteiger partial charge in [0.05, 0.1) is 18.8 Å². The predicted octanol–water partition coefficient (Wildman–Crippen LogP) is 6.50. The SMILES string of the molecule is CCCCCCCCC(O)C(CCCCCCCC(=O)O)OCc1ccccc1. The van der Waals surface area contributed by atoms with Crippen molar-refractivity contribution in [1.29, 1.82) is 0 Å². The molecule has 0 fully saturated rings. The van der Waals surface area contributed by atoms with Crippen LogP contribution in [0.3, 0.4) is 0 Å². The van der Waals surface area contributed by atoms with Crippen molar-refractivity contribution in [2.45, 2.75) is 116 Å². The molecule has 4 heteroatoms. The Morgan fingerprint density at radius 2 is 1.45 bits per heavy atom. The Morgan fingerprint density at radius 3 is 2.10 bits per heavy atom. The second-order valence-corrected chi connectivity index (χ2v) is 8.16. The summed E-state index contributed by atoms with van der Waals surface area (Å²) < 4.78 is 6.12. The molecule has 0 aromatic heterocycles. The van der Waals surface area contributed by atoms with Crippen molar-refractivity contribution in [3.05, 3.63) is 35.9 Å². The lowest BCUT2D eigenvalue weighted by Crippen LogP contribution is -2.29. The van der Waals surface area contributed by atoms with Crippen LogP contribution < -0.4 is 0 Å². The molecule has 166 valence electrons. The average molecular weight is 407 g/mol. The van der Waals surface area contributed by atoms with E-state index in [9.17, 15) is 9.90 Å². The van der Waals surface area contributed by atoms with Crippen molar-refractivity contribution in [3.8, 4) is 0 Å². The maximum atomic E-state index is 10.7. The van der Waals surface area contributed by atoms with Crippen LogP contribution >= 0.6 is 0 Å². The van der Waals surface area contributed by atoms with Gasteiger partial charge in [-0.05, 0) is 24.8 Å². The molecule has 2 N–H and O–H groups in total. The van der Waals surface area contributed by atoms with E-state index in [1.54, 1.807) is 0 Å². The van der Waals surface area contributed by atoms with Crippen LogP contribution in [0.25, 0.3) is 0 Å². The van der Waals surface area contributed by atoms with Crippen LogP contribution in [0.4, 0.5) is 0 Å². The zero-order chi connectivity index (χ0) is 21.2. The molecule has 0 saturated heterocycles. The van der Waals surface area contributed by atoms with E-state index in [0.29, 0.717) is 6.61 Å². The molecule has 4 nitrogen and oxygen atoms in total. The highest BCUT2D eigenvalue weighted by Crippen LogP contribution is 2.19. The smallest absolute Gasteiger partial charge is 0.303 e. The Kier molecular flexibility index (Phi) is 15.4. The highest BCUT2D eigenvalue weighted by Gasteiger charge is 2.19. The Balaban J connectivity index is 2.32. The van der Waals surface area contributed by atoms with Crippen LogP contribution in [0, 0.1) is 0 Å². The first-order chi connectivity index (χ1) is 14.1. The molecule has 0 aliphatic rings. The second kappa shape index (κ2) is 17.5. The third-order valence-electron chi connectivity index (χ3n) is 5.47. The van der Waals surface area contributed by atoms with Crippen molar-refractivity contribution in [3.63, 3.8) is 0 Å². The van der Waals surface area contributed by atoms with Gasteiger partial charge in [-0.25, -0.2) is 0 Å². The number of carbonyl (C=O) groups is 1. The van der Waals surface area contributed by atoms with Gasteiger partial charge in [0.25, 0.3) is 0 Å². The molecular formula is C25H42O4. The minimum atomic E-state index is -0.711. The Hall–Kier alpha value is -1.39. The molecular weight excluding hydrogens is 364 g/mol. The average Bonchev–Trinajstić information content (AvgIpc) is 2.72. The Bertz CT molecular complexity index is 503. The summed E-state index contributed by atoms with van der Waals surface area (Å²) in [7, 11) is 0. The molecule has 0 radical (unpaired) electrons. The van der Waals surface area contributed by atoms with Crippen molar-refractivity contribution in [1.82, 2.24) is 0 Å². The van der Waals surface area contributed by atoms with E-state index in [4.69, 9.17) is 9.84 Å². The first kappa shape index (κ1) is 25.6. The number of benzene rings is 1. The number of carboxylic acid groups (broad SMARTS) is 1. The zero-order valence-electron chi connectivity index (χ0n) is 18.4. The summed E-state index contributed by atoms with van der Waals surface area (Å²) in [6, 6.07) is 10.1. The molecule has 0 heterocycles. The van der Waals surface area contributed by atoms with Gasteiger partial charge >= 0.3 is 5.97 Å². The maximum absolute atomic E-state index is 10.7. The zero-order valence-corrected chi connectivity index (χ0v) is 18.4. The molecule has 0 amide bonds. The van der Waals surface area contributed by atoms with Gasteiger partial charge in [0.1, 0.15) is 0 Å². The van der Waals surface area contributed by atoms with Gasteiger partial charge < -0.3 is 14.9 Å². The molecule has 0 aliphatic carbocycles. The summed E-state index contributed by atoms with van der Waals surface area (Å²) in [6.07, 6.45) is 13.6. The molecule has 0 aliphatic heterocycles. The van der Waals surface area contributed by atoms with Crippen LogP contribution in [0.15, 0.2) is 30.3 Å². The highest BCUT2D eigenvalue weighted by atomic mass is 16.5. The normalized spacial score (nSPS) is 13.3. The van der Waals surface area contributed by atoms with Gasteiger partial charge in [-0.15, -0.1) is 0 Å². The molecule has 29 heavy (non-hydrogen) atoms. The van der Waals surface area contributed by atoms with E-state index in [2.05, 4.69) is 19.1 Å². The molecule has 2 atom stereocenters. The number of unbranched alkanes of at least 4 members (excludes halogenated alkanes) is 9. The summed E-state index contributed by atoms with van der Waals surface area (Å²) in [5.74, 6) is -0.711. The van der Waals surface area contributed by atoms with E-state index in [0.717, 1.165) is 56.9 Å². The van der Waals surface area contributed by atoms with E-state index < -0.39 is 12.1 Å². The number of aliphatic carboxylic acids is 1. The Labute approximate surface area is 177 Å². The second-order valence-electron chi connectivity index (χ2n) is 8.16. The summed E-state index contributed by atoms with van der Waals surface area (Å²) in [5.41, 5.74) is 1.14. The van der Waals surface area contributed by atoms with Crippen LogP contribution in [0.2, 0.25) is 0 Å². The van der Waals surface area contributed by atoms with Crippen molar-refractivity contribution >= 4 is 5.97 Å². The van der Waals surface area contributed by atoms with Crippen molar-refractivity contribution in [2.75, 3.05) is 0 Å². The van der Waals surface area contributed by atoms with E-state index in [1.165, 1.54) is 32.1 Å². The number of aliphatic hydroxyl groups is 1. The number of ether oxygens (including phenoxy) is 1. The van der Waals surface area contributed by atoms with E-state index in [-0.39, 0.29) is 12.5 Å². The number of hydrogen-bond donors (Lipinski definition) is 2. The molecule has 0 saturated carbocycles. The molecule has 1 rings (SSSR count). The predicted molar refractivity (Wildman–Crippen MR) is 119 cm³/mol. The molecule has 0 spiro atoms. The van der Waals surface area contributed by atoms with Crippen LogP contribution in [-0.4, -0.2) is 28.4 Å². The van der Waals surface area contributed by atoms with Gasteiger partial charge in [-0.2, -0.15) is 0 Å². The number of aliphatic hydroxyl groups excluding tert-OH is 1. The van der Waals surface area contributed by atoms with E-state index in [1.807, 2.05) is 18.2 Å². The third-order valence-corrected chi connectivity index (χ3v) is 5.47. The van der Waals surface area contributed by atoms with Gasteiger partial charge in [0.15, 0.2) is 0 Å². The fraction of sp³-hybridized carbons (Fsp3) is 0.720. The summed E-state index contributed by atoms with van der Waals surface area (Å²) in [6.45, 7) is 2.77. The standard InChI is InChI=1S/C25H42O4/c1-2-3-4-5-7-13-18-23(26)24(29-21-22-16-11-10-12-17-22)19-14-8-6-9-15-20-25(27)28/h10-12,16-17,23-24,26H,2-9,13-15,18-21H2,1H3,(H,27,28). The third kappa shape index (κ3) is 14.3. The monoisotopic (exact) mass is 406 g/mol. The Morgan fingerprint density at radius 1 is 0.862 bits per heavy atom. The van der Waals surface area contributed by atoms with Gasteiger partial charge in [0.2, 0.25) is 0 Å². The topological polar surface area (TPSA) is 66.8 Å². The molecule has 0 bridgehead atoms. The highest BCUT2D eigenvalue weighted by molar-refractivity contribution is 5.66. The van der Waals surface area contributed by atoms with Gasteiger partial charge in [-0.3, -0.25) is 4.79 Å². The fourth-order valence-electron chi connectivity index (χ4n) is 3.64. The summed E-state index contributed by atoms with van der Waals surface area (Å²) in [4.78, 5) is 10.6. The minimum Gasteiger partial charge on any atom is -0.481 e. The molecule has 1 aromatic carbocycles. The number of rotatable bonds is 19. The lowest BCUT2D eigenvalue weighted by Gasteiger charge is -2.24. The quantitative estimate of drug-likeness (QED) is 0.257.